The smallest absolute Gasteiger partial charge is 0.235 e. The number of pyridine rings is 2. The summed E-state index contributed by atoms with van der Waals surface area (Å²) in [6.07, 6.45) is 9.39. The summed E-state index contributed by atoms with van der Waals surface area (Å²) in [7, 11) is -7.82. The lowest BCUT2D eigenvalue weighted by molar-refractivity contribution is 1.00. The molecule has 0 saturated carbocycles. The third-order valence-corrected chi connectivity index (χ3v) is 40.7. The van der Waals surface area contributed by atoms with Crippen molar-refractivity contribution in [2.45, 2.75) is 52.4 Å². The minimum atomic E-state index is -2.00. The molecule has 0 spiro atoms. The van der Waals surface area contributed by atoms with E-state index in [1.165, 1.54) is 130 Å². The van der Waals surface area contributed by atoms with Crippen LogP contribution in [0.3, 0.4) is 0 Å². The predicted octanol–water partition coefficient (Wildman–Crippen LogP) is 21.3. The van der Waals surface area contributed by atoms with Gasteiger partial charge in [-0.1, -0.05) is 325 Å². The van der Waals surface area contributed by atoms with Gasteiger partial charge in [-0.3, -0.25) is 28.2 Å². The molecule has 14 nitrogen and oxygen atoms in total. The lowest BCUT2D eigenvalue weighted by Crippen LogP contribution is -2.51. The van der Waals surface area contributed by atoms with E-state index >= 15 is 0 Å². The number of hydrogen-bond donors (Lipinski definition) is 0. The van der Waals surface area contributed by atoms with Gasteiger partial charge in [0.15, 0.2) is 0 Å². The van der Waals surface area contributed by atoms with Crippen LogP contribution < -0.4 is 42.0 Å². The van der Waals surface area contributed by atoms with E-state index in [1.54, 1.807) is 0 Å². The number of benzene rings is 13. The SMILES string of the molecule is C[Si]1(C)c2ccccc2-c2c(-c3ccccc3)nc(-n3c4ccccc4c4ccccc43)nc21.C[Si]1(C)c2ccccc2-c2c(-c3ccncc3)nc(-n3c4ccccc4c4ccccc43)nc21.C[Si]1(C)c2ccccc2-c2c(-c3ccncc3)nc(-n3c4ccccc4c4ccccc43)nc21.C[Si]1(C)c2ccccc2-c2cnc(-n3c4ccccc4c4ccccc43)nc21. The topological polar surface area (TPSA) is 149 Å². The zero-order chi connectivity index (χ0) is 87.5. The Morgan fingerprint density at radius 1 is 0.192 bits per heavy atom. The Bertz CT molecular complexity index is 7760. The molecule has 0 saturated heterocycles. The van der Waals surface area contributed by atoms with Gasteiger partial charge in [-0.25, -0.2) is 39.9 Å². The largest absolute Gasteiger partial charge is 0.278 e. The quantitative estimate of drug-likeness (QED) is 0.141. The van der Waals surface area contributed by atoms with Gasteiger partial charge in [0.05, 0.1) is 61.2 Å². The van der Waals surface area contributed by atoms with E-state index in [9.17, 15) is 0 Å². The van der Waals surface area contributed by atoms with E-state index in [1.807, 2.05) is 55.2 Å². The molecule has 0 N–H and O–H groups in total. The van der Waals surface area contributed by atoms with Crippen LogP contribution in [0.1, 0.15) is 0 Å². The summed E-state index contributed by atoms with van der Waals surface area (Å²) in [6, 6.07) is 122. The molecule has 13 aromatic carbocycles. The number of hydrogen-bond acceptors (Lipinski definition) is 10. The van der Waals surface area contributed by atoms with Crippen LogP contribution in [0.4, 0.5) is 0 Å². The summed E-state index contributed by atoms with van der Waals surface area (Å²) in [4.78, 5) is 50.4. The maximum absolute atomic E-state index is 5.36. The van der Waals surface area contributed by atoms with Crippen LogP contribution in [0.15, 0.2) is 377 Å². The minimum Gasteiger partial charge on any atom is -0.278 e. The van der Waals surface area contributed by atoms with Crippen molar-refractivity contribution in [1.29, 1.82) is 0 Å². The summed E-state index contributed by atoms with van der Waals surface area (Å²) in [5, 5.41) is 20.4. The Labute approximate surface area is 755 Å². The van der Waals surface area contributed by atoms with Crippen LogP contribution >= 0.6 is 0 Å². The van der Waals surface area contributed by atoms with Crippen LogP contribution in [0.5, 0.6) is 0 Å². The first-order valence-electron chi connectivity index (χ1n) is 44.4. The highest BCUT2D eigenvalue weighted by Gasteiger charge is 2.46. The van der Waals surface area contributed by atoms with Gasteiger partial charge < -0.3 is 0 Å². The maximum Gasteiger partial charge on any atom is 0.235 e. The molecular weight excluding hydrogens is 1650 g/mol. The highest BCUT2D eigenvalue weighted by atomic mass is 28.3. The summed E-state index contributed by atoms with van der Waals surface area (Å²) in [6.45, 7) is 19.2. The molecule has 18 heteroatoms. The monoisotopic (exact) mass is 1740 g/mol. The Morgan fingerprint density at radius 3 is 0.715 bits per heavy atom. The lowest BCUT2D eigenvalue weighted by atomic mass is 10.0. The fraction of sp³-hybridized carbons (Fsp3) is 0.0714. The van der Waals surface area contributed by atoms with Gasteiger partial charge >= 0.3 is 0 Å². The number of nitrogens with zero attached hydrogens (tertiary/aromatic N) is 14. The second-order valence-corrected chi connectivity index (χ2v) is 53.3. The van der Waals surface area contributed by atoms with E-state index in [4.69, 9.17) is 39.9 Å². The van der Waals surface area contributed by atoms with E-state index in [0.29, 0.717) is 0 Å². The minimum absolute atomic E-state index is 0.733. The Morgan fingerprint density at radius 2 is 0.415 bits per heavy atom. The van der Waals surface area contributed by atoms with Crippen LogP contribution in [-0.2, 0) is 0 Å². The average Bonchev–Trinajstić information content (AvgIpc) is 1.56. The second kappa shape index (κ2) is 30.1. The highest BCUT2D eigenvalue weighted by molar-refractivity contribution is 7.05. The van der Waals surface area contributed by atoms with Crippen LogP contribution in [0, 0.1) is 0 Å². The molecule has 23 aromatic rings. The molecule has 0 atom stereocenters. The molecule has 0 unspecified atom stereocenters. The van der Waals surface area contributed by atoms with Crippen molar-refractivity contribution < 1.29 is 0 Å². The number of rotatable bonds is 7. The third kappa shape index (κ3) is 12.0. The first-order valence-corrected chi connectivity index (χ1v) is 56.4. The number of aromatic nitrogens is 14. The zero-order valence-corrected chi connectivity index (χ0v) is 77.1. The molecule has 620 valence electrons. The molecule has 130 heavy (non-hydrogen) atoms. The standard InChI is InChI=1S/C30H23N3Si.2C29H22N4Si.C24H19N3Si/c1-34(2)26-19-11-8-16-23(26)27-28(20-12-4-3-5-13-20)31-30(32-29(27)34)33-24-17-9-6-14-21(24)22-15-7-10-18-25(22)33;2*1-34(2)25-14-8-5-11-22(25)26-27(19-15-17-30-18-16-19)31-29(32-28(26)34)33-23-12-6-3-9-20(23)21-10-4-7-13-24(21)33;1-28(2)22-14-8-5-11-18(22)19-15-25-24(26-23(19)28)27-20-12-6-3-9-16(20)17-10-4-7-13-21(17)27/h3-19H,1-2H3;2*3-18H,1-2H3;3-15H,1-2H3. The molecule has 0 radical (unpaired) electrons. The van der Waals surface area contributed by atoms with Gasteiger partial charge in [0, 0.05) is 134 Å². The van der Waals surface area contributed by atoms with Crippen molar-refractivity contribution in [3.05, 3.63) is 377 Å². The normalized spacial score (nSPS) is 13.9. The summed E-state index contributed by atoms with van der Waals surface area (Å²) < 4.78 is 8.90. The van der Waals surface area contributed by atoms with Gasteiger partial charge in [-0.2, -0.15) is 0 Å². The van der Waals surface area contributed by atoms with E-state index in [-0.39, 0.29) is 0 Å². The molecular formula is C112H86N14Si4. The predicted molar refractivity (Wildman–Crippen MR) is 546 cm³/mol. The van der Waals surface area contributed by atoms with Gasteiger partial charge in [-0.05, 0) is 116 Å². The Balaban J connectivity index is 0.0000000963. The third-order valence-electron chi connectivity index (χ3n) is 27.4. The van der Waals surface area contributed by atoms with Crippen molar-refractivity contribution >= 4 is 162 Å². The first-order chi connectivity index (χ1) is 63.6. The van der Waals surface area contributed by atoms with E-state index in [0.717, 1.165) is 102 Å². The number of fused-ring (bicyclic) bond motifs is 24. The average molecular weight is 1740 g/mol. The first kappa shape index (κ1) is 78.1. The van der Waals surface area contributed by atoms with Gasteiger partial charge in [0.25, 0.3) is 0 Å². The van der Waals surface area contributed by atoms with Crippen LogP contribution in [0.25, 0.3) is 189 Å². The Kier molecular flexibility index (Phi) is 18.1. The maximum atomic E-state index is 5.36. The summed E-state index contributed by atoms with van der Waals surface area (Å²) in [5.41, 5.74) is 25.3. The van der Waals surface area contributed by atoms with Crippen LogP contribution in [-0.4, -0.2) is 100 Å². The van der Waals surface area contributed by atoms with E-state index in [2.05, 4.69) is 402 Å². The summed E-state index contributed by atoms with van der Waals surface area (Å²) >= 11 is 0. The van der Waals surface area contributed by atoms with Crippen molar-refractivity contribution in [1.82, 2.24) is 68.1 Å². The zero-order valence-electron chi connectivity index (χ0n) is 73.1. The molecule has 10 aromatic heterocycles. The molecule has 4 aliphatic rings. The molecule has 0 fully saturated rings. The Hall–Kier alpha value is -15.5. The molecule has 0 bridgehead atoms. The molecule has 27 rings (SSSR count). The van der Waals surface area contributed by atoms with Gasteiger partial charge in [-0.15, -0.1) is 0 Å². The van der Waals surface area contributed by atoms with E-state index < -0.39 is 32.3 Å². The van der Waals surface area contributed by atoms with Crippen molar-refractivity contribution in [2.24, 2.45) is 0 Å². The molecule has 0 aliphatic carbocycles. The molecule has 4 aliphatic heterocycles. The highest BCUT2D eigenvalue weighted by Crippen LogP contribution is 2.44. The number of para-hydroxylation sites is 8. The van der Waals surface area contributed by atoms with Gasteiger partial charge in [0.2, 0.25) is 23.8 Å². The molecule has 14 heterocycles. The van der Waals surface area contributed by atoms with Crippen molar-refractivity contribution in [3.63, 3.8) is 0 Å². The lowest BCUT2D eigenvalue weighted by Gasteiger charge is -2.19. The fourth-order valence-corrected chi connectivity index (χ4v) is 32.9. The summed E-state index contributed by atoms with van der Waals surface area (Å²) in [5.74, 6) is 2.99. The van der Waals surface area contributed by atoms with Crippen molar-refractivity contribution in [3.8, 4) is 102 Å². The molecule has 0 amide bonds. The van der Waals surface area contributed by atoms with Crippen LogP contribution in [0.2, 0.25) is 52.4 Å². The van der Waals surface area contributed by atoms with Crippen molar-refractivity contribution in [2.75, 3.05) is 0 Å². The van der Waals surface area contributed by atoms with Gasteiger partial charge in [0.1, 0.15) is 32.3 Å². The second-order valence-electron chi connectivity index (χ2n) is 36.2. The fourth-order valence-electron chi connectivity index (χ4n) is 21.2.